The lowest BCUT2D eigenvalue weighted by Crippen LogP contribution is -2.01. The van der Waals surface area contributed by atoms with Crippen LogP contribution in [0, 0.1) is 0 Å². The Morgan fingerprint density at radius 2 is 1.92 bits per heavy atom. The second kappa shape index (κ2) is 2.25. The van der Waals surface area contributed by atoms with Gasteiger partial charge in [0.25, 0.3) is 0 Å². The summed E-state index contributed by atoms with van der Waals surface area (Å²) >= 11 is 0. The van der Waals surface area contributed by atoms with E-state index < -0.39 is 0 Å². The van der Waals surface area contributed by atoms with E-state index in [1.807, 2.05) is 0 Å². The number of rotatable bonds is 0. The first-order valence-electron chi connectivity index (χ1n) is 4.38. The van der Waals surface area contributed by atoms with Gasteiger partial charge in [0.05, 0.1) is 0 Å². The zero-order valence-corrected chi connectivity index (χ0v) is 8.06. The number of allylic oxidation sites excluding steroid dienone is 4. The van der Waals surface area contributed by atoms with Gasteiger partial charge in [-0.2, -0.15) is 0 Å². The molecule has 0 aromatic rings. The predicted octanol–water partition coefficient (Wildman–Crippen LogP) is 2.96. The molecule has 12 heavy (non-hydrogen) atoms. The molecule has 1 heterocycles. The van der Waals surface area contributed by atoms with Crippen LogP contribution in [0.5, 0.6) is 0 Å². The Labute approximate surface area is 73.4 Å². The molecule has 0 N–H and O–H groups in total. The molecule has 2 aliphatic rings. The molecule has 64 valence electrons. The van der Waals surface area contributed by atoms with Crippen molar-refractivity contribution in [3.8, 4) is 0 Å². The minimum absolute atomic E-state index is 0.257. The third-order valence-electron chi connectivity index (χ3n) is 2.77. The highest BCUT2D eigenvalue weighted by atomic mass is 16.5. The number of fused-ring (bicyclic) bond motifs is 1. The Bertz CT molecular complexity index is 329. The summed E-state index contributed by atoms with van der Waals surface area (Å²) < 4.78 is 5.62. The van der Waals surface area contributed by atoms with E-state index in [-0.39, 0.29) is 6.10 Å². The van der Waals surface area contributed by atoms with Gasteiger partial charge in [-0.15, -0.1) is 0 Å². The normalized spacial score (nSPS) is 27.7. The lowest BCUT2D eigenvalue weighted by atomic mass is 10.0. The van der Waals surface area contributed by atoms with Crippen LogP contribution in [-0.4, -0.2) is 6.10 Å². The molecule has 0 saturated carbocycles. The average Bonchev–Trinajstić information content (AvgIpc) is 2.41. The van der Waals surface area contributed by atoms with E-state index in [1.165, 1.54) is 22.3 Å². The van der Waals surface area contributed by atoms with E-state index in [9.17, 15) is 0 Å². The number of ether oxygens (including phenoxy) is 1. The lowest BCUT2D eigenvalue weighted by Gasteiger charge is -2.04. The Morgan fingerprint density at radius 3 is 2.50 bits per heavy atom. The summed E-state index contributed by atoms with van der Waals surface area (Å²) in [5.74, 6) is 1.09. The van der Waals surface area contributed by atoms with Crippen molar-refractivity contribution in [2.24, 2.45) is 0 Å². The summed E-state index contributed by atoms with van der Waals surface area (Å²) in [6, 6.07) is 0. The first-order chi connectivity index (χ1) is 5.61. The quantitative estimate of drug-likeness (QED) is 0.532. The smallest absolute Gasteiger partial charge is 0.121 e. The molecular weight excluding hydrogens is 148 g/mol. The standard InChI is InChI=1S/C11H14O/c1-6-5-10-8(3)12-9(4)11(10)7(6)2/h5,8H,1-4H3. The molecule has 1 aliphatic heterocycles. The van der Waals surface area contributed by atoms with Crippen molar-refractivity contribution in [3.63, 3.8) is 0 Å². The van der Waals surface area contributed by atoms with Crippen LogP contribution >= 0.6 is 0 Å². The summed E-state index contributed by atoms with van der Waals surface area (Å²) in [4.78, 5) is 0. The fourth-order valence-corrected chi connectivity index (χ4v) is 2.00. The lowest BCUT2D eigenvalue weighted by molar-refractivity contribution is 0.184. The third-order valence-corrected chi connectivity index (χ3v) is 2.77. The molecule has 0 bridgehead atoms. The minimum Gasteiger partial charge on any atom is -0.490 e. The molecule has 0 aromatic carbocycles. The van der Waals surface area contributed by atoms with Gasteiger partial charge < -0.3 is 4.74 Å². The van der Waals surface area contributed by atoms with Gasteiger partial charge in [0.15, 0.2) is 0 Å². The first-order valence-corrected chi connectivity index (χ1v) is 4.38. The van der Waals surface area contributed by atoms with Crippen molar-refractivity contribution < 1.29 is 4.74 Å². The van der Waals surface area contributed by atoms with Crippen molar-refractivity contribution in [1.82, 2.24) is 0 Å². The Morgan fingerprint density at radius 1 is 1.25 bits per heavy atom. The molecule has 0 radical (unpaired) electrons. The van der Waals surface area contributed by atoms with Crippen molar-refractivity contribution in [2.45, 2.75) is 33.8 Å². The molecule has 1 aliphatic carbocycles. The molecule has 1 atom stereocenters. The Kier molecular flexibility index (Phi) is 1.44. The largest absolute Gasteiger partial charge is 0.490 e. The first kappa shape index (κ1) is 7.66. The van der Waals surface area contributed by atoms with Crippen LogP contribution in [0.1, 0.15) is 27.7 Å². The molecule has 1 nitrogen and oxygen atoms in total. The number of hydrogen-bond donors (Lipinski definition) is 0. The van der Waals surface area contributed by atoms with Gasteiger partial charge in [-0.3, -0.25) is 0 Å². The molecule has 0 aromatic heterocycles. The van der Waals surface area contributed by atoms with Crippen LogP contribution in [0.3, 0.4) is 0 Å². The highest BCUT2D eigenvalue weighted by Gasteiger charge is 2.30. The van der Waals surface area contributed by atoms with Crippen LogP contribution in [-0.2, 0) is 4.74 Å². The Balaban J connectivity index is 2.55. The van der Waals surface area contributed by atoms with Gasteiger partial charge in [0.2, 0.25) is 0 Å². The van der Waals surface area contributed by atoms with Gasteiger partial charge in [-0.25, -0.2) is 0 Å². The minimum atomic E-state index is 0.257. The van der Waals surface area contributed by atoms with Gasteiger partial charge >= 0.3 is 0 Å². The monoisotopic (exact) mass is 162 g/mol. The predicted molar refractivity (Wildman–Crippen MR) is 49.7 cm³/mol. The maximum absolute atomic E-state index is 5.62. The molecule has 1 heteroatoms. The zero-order chi connectivity index (χ0) is 8.88. The Hall–Kier alpha value is -0.980. The van der Waals surface area contributed by atoms with E-state index in [2.05, 4.69) is 33.8 Å². The van der Waals surface area contributed by atoms with Crippen LogP contribution in [0.4, 0.5) is 0 Å². The van der Waals surface area contributed by atoms with Crippen molar-refractivity contribution in [2.75, 3.05) is 0 Å². The molecule has 0 amide bonds. The maximum Gasteiger partial charge on any atom is 0.121 e. The summed E-state index contributed by atoms with van der Waals surface area (Å²) in [6.07, 6.45) is 2.50. The summed E-state index contributed by atoms with van der Waals surface area (Å²) in [5.41, 5.74) is 5.48. The van der Waals surface area contributed by atoms with E-state index in [1.54, 1.807) is 0 Å². The fourth-order valence-electron chi connectivity index (χ4n) is 2.00. The van der Waals surface area contributed by atoms with Crippen molar-refractivity contribution in [3.05, 3.63) is 34.1 Å². The van der Waals surface area contributed by atoms with E-state index in [4.69, 9.17) is 4.74 Å². The van der Waals surface area contributed by atoms with Crippen LogP contribution in [0.25, 0.3) is 0 Å². The van der Waals surface area contributed by atoms with Crippen LogP contribution < -0.4 is 0 Å². The van der Waals surface area contributed by atoms with Crippen molar-refractivity contribution >= 4 is 0 Å². The molecule has 0 saturated heterocycles. The fraction of sp³-hybridized carbons (Fsp3) is 0.455. The molecule has 0 fully saturated rings. The van der Waals surface area contributed by atoms with E-state index in [0.717, 1.165) is 5.76 Å². The van der Waals surface area contributed by atoms with E-state index >= 15 is 0 Å². The second-order valence-electron chi connectivity index (χ2n) is 3.60. The van der Waals surface area contributed by atoms with Gasteiger partial charge in [-0.1, -0.05) is 6.08 Å². The summed E-state index contributed by atoms with van der Waals surface area (Å²) in [7, 11) is 0. The molecule has 2 rings (SSSR count). The summed E-state index contributed by atoms with van der Waals surface area (Å²) in [6.45, 7) is 8.48. The van der Waals surface area contributed by atoms with Gasteiger partial charge in [-0.05, 0) is 38.8 Å². The second-order valence-corrected chi connectivity index (χ2v) is 3.60. The SMILES string of the molecule is CC1=C(C)C2=C(C)OC(C)C2=C1. The molecular formula is C11H14O. The highest BCUT2D eigenvalue weighted by Crippen LogP contribution is 2.41. The third kappa shape index (κ3) is 0.795. The highest BCUT2D eigenvalue weighted by molar-refractivity contribution is 5.62. The van der Waals surface area contributed by atoms with Crippen molar-refractivity contribution in [1.29, 1.82) is 0 Å². The van der Waals surface area contributed by atoms with Crippen LogP contribution in [0.2, 0.25) is 0 Å². The topological polar surface area (TPSA) is 9.23 Å². The number of hydrogen-bond acceptors (Lipinski definition) is 1. The molecule has 0 spiro atoms. The average molecular weight is 162 g/mol. The van der Waals surface area contributed by atoms with Crippen LogP contribution in [0.15, 0.2) is 34.1 Å². The zero-order valence-electron chi connectivity index (χ0n) is 8.06. The van der Waals surface area contributed by atoms with Gasteiger partial charge in [0.1, 0.15) is 11.9 Å². The molecule has 1 unspecified atom stereocenters. The van der Waals surface area contributed by atoms with E-state index in [0.29, 0.717) is 0 Å². The van der Waals surface area contributed by atoms with Gasteiger partial charge in [0, 0.05) is 11.1 Å². The summed E-state index contributed by atoms with van der Waals surface area (Å²) in [5, 5.41) is 0. The maximum atomic E-state index is 5.62.